The van der Waals surface area contributed by atoms with Gasteiger partial charge in [-0.3, -0.25) is 0 Å². The summed E-state index contributed by atoms with van der Waals surface area (Å²) in [4.78, 5) is -0.371. The van der Waals surface area contributed by atoms with E-state index in [4.69, 9.17) is 5.26 Å². The lowest BCUT2D eigenvalue weighted by Gasteiger charge is -2.15. The number of nitrogens with zero attached hydrogens (tertiary/aromatic N) is 1. The Morgan fingerprint density at radius 3 is 2.25 bits per heavy atom. The highest BCUT2D eigenvalue weighted by Crippen LogP contribution is 2.32. The number of nitriles is 1. The summed E-state index contributed by atoms with van der Waals surface area (Å²) in [6, 6.07) is 15.5. The summed E-state index contributed by atoms with van der Waals surface area (Å²) >= 11 is 0. The van der Waals surface area contributed by atoms with Crippen molar-refractivity contribution in [3.63, 3.8) is 0 Å². The fraction of sp³-hybridized carbons (Fsp3) is 0.133. The zero-order chi connectivity index (χ0) is 14.6. The normalized spacial score (nSPS) is 12.6. The second kappa shape index (κ2) is 5.85. The summed E-state index contributed by atoms with van der Waals surface area (Å²) in [5.74, 6) is -0.800. The first kappa shape index (κ1) is 14.2. The quantitative estimate of drug-likeness (QED) is 0.868. The van der Waals surface area contributed by atoms with Gasteiger partial charge in [0, 0.05) is 0 Å². The molecule has 0 spiro atoms. The van der Waals surface area contributed by atoms with Crippen LogP contribution in [0.15, 0.2) is 59.5 Å². The van der Waals surface area contributed by atoms with Crippen LogP contribution >= 0.6 is 0 Å². The average molecular weight is 289 g/mol. The summed E-state index contributed by atoms with van der Waals surface area (Å²) in [6.45, 7) is 0. The minimum Gasteiger partial charge on any atom is -0.223 e. The van der Waals surface area contributed by atoms with E-state index in [9.17, 15) is 12.8 Å². The SMILES string of the molecule is N#CCC(c1ccccc1)S(=O)(=O)c1ccccc1F. The molecule has 0 amide bonds. The van der Waals surface area contributed by atoms with Crippen LogP contribution in [0.1, 0.15) is 17.2 Å². The fourth-order valence-corrected chi connectivity index (χ4v) is 3.71. The van der Waals surface area contributed by atoms with E-state index in [1.165, 1.54) is 18.2 Å². The van der Waals surface area contributed by atoms with Gasteiger partial charge in [-0.15, -0.1) is 0 Å². The van der Waals surface area contributed by atoms with Gasteiger partial charge >= 0.3 is 0 Å². The van der Waals surface area contributed by atoms with E-state index < -0.39 is 20.9 Å². The first-order chi connectivity index (χ1) is 9.57. The van der Waals surface area contributed by atoms with Crippen LogP contribution in [0.5, 0.6) is 0 Å². The van der Waals surface area contributed by atoms with Crippen molar-refractivity contribution in [3.8, 4) is 6.07 Å². The highest BCUT2D eigenvalue weighted by molar-refractivity contribution is 7.91. The van der Waals surface area contributed by atoms with Gasteiger partial charge in [-0.2, -0.15) is 5.26 Å². The zero-order valence-corrected chi connectivity index (χ0v) is 11.3. The van der Waals surface area contributed by atoms with E-state index in [-0.39, 0.29) is 11.3 Å². The molecule has 1 unspecified atom stereocenters. The van der Waals surface area contributed by atoms with Gasteiger partial charge < -0.3 is 0 Å². The Kier molecular flexibility index (Phi) is 4.16. The maximum absolute atomic E-state index is 13.7. The van der Waals surface area contributed by atoms with Gasteiger partial charge in [0.25, 0.3) is 0 Å². The molecule has 2 aromatic carbocycles. The maximum Gasteiger partial charge on any atom is 0.189 e. The van der Waals surface area contributed by atoms with Gasteiger partial charge in [0.15, 0.2) is 9.84 Å². The molecule has 0 saturated heterocycles. The third kappa shape index (κ3) is 2.70. The van der Waals surface area contributed by atoms with Crippen molar-refractivity contribution in [2.75, 3.05) is 0 Å². The molecule has 0 bridgehead atoms. The summed E-state index contributed by atoms with van der Waals surface area (Å²) in [6.07, 6.45) is -0.222. The smallest absolute Gasteiger partial charge is 0.189 e. The monoisotopic (exact) mass is 289 g/mol. The molecule has 0 aliphatic rings. The summed E-state index contributed by atoms with van der Waals surface area (Å²) in [5.41, 5.74) is 0.484. The van der Waals surface area contributed by atoms with E-state index in [1.54, 1.807) is 30.3 Å². The third-order valence-electron chi connectivity index (χ3n) is 2.97. The zero-order valence-electron chi connectivity index (χ0n) is 10.5. The van der Waals surface area contributed by atoms with E-state index in [0.29, 0.717) is 5.56 Å². The predicted octanol–water partition coefficient (Wildman–Crippen LogP) is 3.25. The number of benzene rings is 2. The molecule has 0 heterocycles. The van der Waals surface area contributed by atoms with Gasteiger partial charge in [0.2, 0.25) is 0 Å². The topological polar surface area (TPSA) is 57.9 Å². The molecule has 2 rings (SSSR count). The van der Waals surface area contributed by atoms with Crippen LogP contribution in [0.4, 0.5) is 4.39 Å². The van der Waals surface area contributed by atoms with Crippen LogP contribution in [0.25, 0.3) is 0 Å². The first-order valence-corrected chi connectivity index (χ1v) is 7.52. The Morgan fingerprint density at radius 2 is 1.65 bits per heavy atom. The molecule has 0 radical (unpaired) electrons. The van der Waals surface area contributed by atoms with Crippen molar-refractivity contribution in [1.82, 2.24) is 0 Å². The molecular weight excluding hydrogens is 277 g/mol. The summed E-state index contributed by atoms with van der Waals surface area (Å²) in [7, 11) is -3.94. The molecule has 0 saturated carbocycles. The van der Waals surface area contributed by atoms with Crippen LogP contribution in [-0.2, 0) is 9.84 Å². The highest BCUT2D eigenvalue weighted by Gasteiger charge is 2.30. The number of hydrogen-bond acceptors (Lipinski definition) is 3. The Labute approximate surface area is 117 Å². The molecule has 0 aliphatic carbocycles. The van der Waals surface area contributed by atoms with Crippen molar-refractivity contribution < 1.29 is 12.8 Å². The van der Waals surface area contributed by atoms with Crippen molar-refractivity contribution in [2.45, 2.75) is 16.6 Å². The Morgan fingerprint density at radius 1 is 1.05 bits per heavy atom. The van der Waals surface area contributed by atoms with Crippen molar-refractivity contribution in [1.29, 1.82) is 5.26 Å². The largest absolute Gasteiger partial charge is 0.223 e. The van der Waals surface area contributed by atoms with Crippen molar-refractivity contribution in [2.24, 2.45) is 0 Å². The van der Waals surface area contributed by atoms with Gasteiger partial charge in [-0.25, -0.2) is 12.8 Å². The van der Waals surface area contributed by atoms with Gasteiger partial charge in [0.1, 0.15) is 16.0 Å². The lowest BCUT2D eigenvalue weighted by atomic mass is 10.1. The minimum atomic E-state index is -3.94. The van der Waals surface area contributed by atoms with Crippen molar-refractivity contribution in [3.05, 3.63) is 66.0 Å². The van der Waals surface area contributed by atoms with E-state index >= 15 is 0 Å². The molecule has 0 N–H and O–H groups in total. The molecule has 0 aromatic heterocycles. The second-order valence-electron chi connectivity index (χ2n) is 4.24. The van der Waals surface area contributed by atoms with Crippen LogP contribution < -0.4 is 0 Å². The third-order valence-corrected chi connectivity index (χ3v) is 5.10. The number of sulfone groups is 1. The Hall–Kier alpha value is -2.19. The molecule has 102 valence electrons. The average Bonchev–Trinajstić information content (AvgIpc) is 2.45. The van der Waals surface area contributed by atoms with Crippen LogP contribution in [0.2, 0.25) is 0 Å². The molecule has 0 aliphatic heterocycles. The van der Waals surface area contributed by atoms with Gasteiger partial charge in [0.05, 0.1) is 12.5 Å². The molecule has 20 heavy (non-hydrogen) atoms. The highest BCUT2D eigenvalue weighted by atomic mass is 32.2. The van der Waals surface area contributed by atoms with E-state index in [2.05, 4.69) is 0 Å². The maximum atomic E-state index is 13.7. The molecule has 0 fully saturated rings. The Balaban J connectivity index is 2.55. The van der Waals surface area contributed by atoms with Crippen molar-refractivity contribution >= 4 is 9.84 Å². The number of hydrogen-bond donors (Lipinski definition) is 0. The number of halogens is 1. The summed E-state index contributed by atoms with van der Waals surface area (Å²) < 4.78 is 38.8. The van der Waals surface area contributed by atoms with Crippen LogP contribution in [0, 0.1) is 17.1 Å². The fourth-order valence-electron chi connectivity index (χ4n) is 1.99. The predicted molar refractivity (Wildman–Crippen MR) is 73.0 cm³/mol. The molecule has 2 aromatic rings. The standard InChI is InChI=1S/C15H12FNO2S/c16-13-8-4-5-9-15(13)20(18,19)14(10-11-17)12-6-2-1-3-7-12/h1-9,14H,10H2. The molecule has 1 atom stereocenters. The lowest BCUT2D eigenvalue weighted by Crippen LogP contribution is -2.15. The molecule has 5 heteroatoms. The second-order valence-corrected chi connectivity index (χ2v) is 6.34. The van der Waals surface area contributed by atoms with E-state index in [1.807, 2.05) is 6.07 Å². The van der Waals surface area contributed by atoms with Crippen LogP contribution in [0.3, 0.4) is 0 Å². The minimum absolute atomic E-state index is 0.222. The molecular formula is C15H12FNO2S. The lowest BCUT2D eigenvalue weighted by molar-refractivity contribution is 0.558. The molecule has 3 nitrogen and oxygen atoms in total. The van der Waals surface area contributed by atoms with E-state index in [0.717, 1.165) is 6.07 Å². The van der Waals surface area contributed by atoms with Gasteiger partial charge in [-0.1, -0.05) is 42.5 Å². The van der Waals surface area contributed by atoms with Crippen LogP contribution in [-0.4, -0.2) is 8.42 Å². The van der Waals surface area contributed by atoms with Gasteiger partial charge in [-0.05, 0) is 17.7 Å². The first-order valence-electron chi connectivity index (χ1n) is 5.97. The summed E-state index contributed by atoms with van der Waals surface area (Å²) in [5, 5.41) is 7.81. The Bertz CT molecular complexity index is 736. The number of rotatable bonds is 4.